The molecule has 1 saturated heterocycles. The minimum absolute atomic E-state index is 0.0935. The molecule has 0 N–H and O–H groups in total. The van der Waals surface area contributed by atoms with Crippen LogP contribution in [0.15, 0.2) is 41.4 Å². The fourth-order valence-corrected chi connectivity index (χ4v) is 4.72. The molecule has 3 rings (SSSR count). The molecule has 0 radical (unpaired) electrons. The second kappa shape index (κ2) is 8.27. The molecule has 0 atom stereocenters. The molecule has 31 heavy (non-hydrogen) atoms. The van der Waals surface area contributed by atoms with Gasteiger partial charge in [-0.25, -0.2) is 8.42 Å². The van der Waals surface area contributed by atoms with Crippen LogP contribution in [-0.4, -0.2) is 59.5 Å². The molecule has 0 unspecified atom stereocenters. The number of aromatic nitrogens is 2. The SMILES string of the molecule is CC(C)(C)c1ccc(S(=O)(=O)N2CCN(C(=O)Cn3ccc(C(F)(F)F)n3)CC2)cc1. The van der Waals surface area contributed by atoms with Crippen molar-refractivity contribution < 1.29 is 26.4 Å². The molecule has 2 heterocycles. The second-order valence-corrected chi connectivity index (χ2v) is 10.4. The third kappa shape index (κ3) is 5.27. The predicted octanol–water partition coefficient (Wildman–Crippen LogP) is 2.73. The molecule has 0 saturated carbocycles. The summed E-state index contributed by atoms with van der Waals surface area (Å²) < 4.78 is 66.0. The van der Waals surface area contributed by atoms with Gasteiger partial charge in [0.05, 0.1) is 4.90 Å². The van der Waals surface area contributed by atoms with Crippen LogP contribution in [0.2, 0.25) is 0 Å². The van der Waals surface area contributed by atoms with E-state index < -0.39 is 27.8 Å². The fourth-order valence-electron chi connectivity index (χ4n) is 3.29. The molecule has 1 aliphatic heterocycles. The van der Waals surface area contributed by atoms with E-state index in [1.54, 1.807) is 24.3 Å². The maximum Gasteiger partial charge on any atom is 0.435 e. The van der Waals surface area contributed by atoms with Crippen molar-refractivity contribution in [1.82, 2.24) is 19.0 Å². The number of rotatable bonds is 4. The van der Waals surface area contributed by atoms with Gasteiger partial charge in [0.2, 0.25) is 15.9 Å². The highest BCUT2D eigenvalue weighted by Crippen LogP contribution is 2.27. The van der Waals surface area contributed by atoms with Gasteiger partial charge in [-0.3, -0.25) is 9.48 Å². The molecule has 0 bridgehead atoms. The van der Waals surface area contributed by atoms with E-state index in [0.717, 1.165) is 22.5 Å². The van der Waals surface area contributed by atoms with Gasteiger partial charge in [-0.2, -0.15) is 22.6 Å². The first-order valence-corrected chi connectivity index (χ1v) is 11.2. The zero-order valence-corrected chi connectivity index (χ0v) is 18.4. The van der Waals surface area contributed by atoms with E-state index >= 15 is 0 Å². The van der Waals surface area contributed by atoms with Crippen LogP contribution in [0.1, 0.15) is 32.0 Å². The smallest absolute Gasteiger partial charge is 0.338 e. The second-order valence-electron chi connectivity index (χ2n) is 8.46. The van der Waals surface area contributed by atoms with Crippen molar-refractivity contribution in [2.24, 2.45) is 0 Å². The maximum atomic E-state index is 12.9. The van der Waals surface area contributed by atoms with Crippen molar-refractivity contribution in [3.63, 3.8) is 0 Å². The van der Waals surface area contributed by atoms with E-state index in [1.165, 1.54) is 9.21 Å². The quantitative estimate of drug-likeness (QED) is 0.706. The number of piperazine rings is 1. The highest BCUT2D eigenvalue weighted by atomic mass is 32.2. The number of hydrogen-bond donors (Lipinski definition) is 0. The molecule has 0 aliphatic carbocycles. The molecule has 170 valence electrons. The minimum Gasteiger partial charge on any atom is -0.338 e. The zero-order valence-electron chi connectivity index (χ0n) is 17.6. The summed E-state index contributed by atoms with van der Waals surface area (Å²) in [6.45, 7) is 6.33. The Balaban J connectivity index is 1.60. The number of sulfonamides is 1. The lowest BCUT2D eigenvalue weighted by molar-refractivity contribution is -0.142. The van der Waals surface area contributed by atoms with Gasteiger partial charge in [0, 0.05) is 32.4 Å². The van der Waals surface area contributed by atoms with Crippen molar-refractivity contribution in [2.45, 2.75) is 43.8 Å². The van der Waals surface area contributed by atoms with Crippen molar-refractivity contribution in [3.8, 4) is 0 Å². The molecule has 1 fully saturated rings. The minimum atomic E-state index is -4.57. The summed E-state index contributed by atoms with van der Waals surface area (Å²) in [4.78, 5) is 14.0. The Bertz CT molecular complexity index is 1030. The van der Waals surface area contributed by atoms with E-state index in [2.05, 4.69) is 5.10 Å². The number of alkyl halides is 3. The predicted molar refractivity (Wildman–Crippen MR) is 108 cm³/mol. The summed E-state index contributed by atoms with van der Waals surface area (Å²) in [5, 5.41) is 3.37. The summed E-state index contributed by atoms with van der Waals surface area (Å²) in [5.41, 5.74) is -0.133. The Morgan fingerprint density at radius 2 is 1.58 bits per heavy atom. The average molecular weight is 459 g/mol. The monoisotopic (exact) mass is 458 g/mol. The van der Waals surface area contributed by atoms with Gasteiger partial charge in [0.25, 0.3) is 0 Å². The Hall–Kier alpha value is -2.40. The summed E-state index contributed by atoms with van der Waals surface area (Å²) in [6.07, 6.45) is -3.47. The van der Waals surface area contributed by atoms with E-state index in [9.17, 15) is 26.4 Å². The van der Waals surface area contributed by atoms with Crippen LogP contribution in [0.5, 0.6) is 0 Å². The molecule has 2 aromatic rings. The lowest BCUT2D eigenvalue weighted by Gasteiger charge is -2.34. The van der Waals surface area contributed by atoms with Crippen molar-refractivity contribution in [1.29, 1.82) is 0 Å². The molecule has 1 amide bonds. The summed E-state index contributed by atoms with van der Waals surface area (Å²) >= 11 is 0. The number of hydrogen-bond acceptors (Lipinski definition) is 4. The number of nitrogens with zero attached hydrogens (tertiary/aromatic N) is 4. The number of halogens is 3. The molecular formula is C20H25F3N4O3S. The van der Waals surface area contributed by atoms with Crippen LogP contribution in [0.25, 0.3) is 0 Å². The maximum absolute atomic E-state index is 12.9. The molecule has 1 aliphatic rings. The Kier molecular flexibility index (Phi) is 6.21. The van der Waals surface area contributed by atoms with Crippen LogP contribution in [0.3, 0.4) is 0 Å². The third-order valence-electron chi connectivity index (χ3n) is 5.18. The molecule has 7 nitrogen and oxygen atoms in total. The Labute approximate surface area is 179 Å². The van der Waals surface area contributed by atoms with Crippen LogP contribution in [-0.2, 0) is 33.0 Å². The first kappa shape index (κ1) is 23.3. The van der Waals surface area contributed by atoms with Crippen molar-refractivity contribution in [2.75, 3.05) is 26.2 Å². The summed E-state index contributed by atoms with van der Waals surface area (Å²) in [6, 6.07) is 7.58. The number of amides is 1. The summed E-state index contributed by atoms with van der Waals surface area (Å²) in [5.74, 6) is -0.414. The molecule has 0 spiro atoms. The molecular weight excluding hydrogens is 433 g/mol. The normalized spacial score (nSPS) is 16.5. The topological polar surface area (TPSA) is 75.5 Å². The van der Waals surface area contributed by atoms with E-state index in [0.29, 0.717) is 0 Å². The lowest BCUT2D eigenvalue weighted by atomic mass is 9.87. The van der Waals surface area contributed by atoms with Crippen molar-refractivity contribution >= 4 is 15.9 Å². The van der Waals surface area contributed by atoms with Gasteiger partial charge < -0.3 is 4.90 Å². The van der Waals surface area contributed by atoms with Gasteiger partial charge in [0.1, 0.15) is 6.54 Å². The standard InChI is InChI=1S/C20H25F3N4O3S/c1-19(2,3)15-4-6-16(7-5-15)31(29,30)27-12-10-25(11-13-27)18(28)14-26-9-8-17(24-26)20(21,22)23/h4-9H,10-14H2,1-3H3. The fraction of sp³-hybridized carbons (Fsp3) is 0.500. The zero-order chi connectivity index (χ0) is 23.0. The third-order valence-corrected chi connectivity index (χ3v) is 7.09. The van der Waals surface area contributed by atoms with Crippen molar-refractivity contribution in [3.05, 3.63) is 47.8 Å². The van der Waals surface area contributed by atoms with Crippen LogP contribution >= 0.6 is 0 Å². The largest absolute Gasteiger partial charge is 0.435 e. The first-order valence-electron chi connectivity index (χ1n) is 9.77. The number of benzene rings is 1. The van der Waals surface area contributed by atoms with Crippen LogP contribution in [0, 0.1) is 0 Å². The molecule has 11 heteroatoms. The van der Waals surface area contributed by atoms with Gasteiger partial charge in [0.15, 0.2) is 5.69 Å². The van der Waals surface area contributed by atoms with E-state index in [-0.39, 0.29) is 43.0 Å². The van der Waals surface area contributed by atoms with Gasteiger partial charge in [-0.15, -0.1) is 0 Å². The number of carbonyl (C=O) groups excluding carboxylic acids is 1. The molecule has 1 aromatic heterocycles. The highest BCUT2D eigenvalue weighted by Gasteiger charge is 2.34. The lowest BCUT2D eigenvalue weighted by Crippen LogP contribution is -2.51. The van der Waals surface area contributed by atoms with Crippen LogP contribution < -0.4 is 0 Å². The van der Waals surface area contributed by atoms with Gasteiger partial charge in [-0.1, -0.05) is 32.9 Å². The molecule has 1 aromatic carbocycles. The van der Waals surface area contributed by atoms with E-state index in [1.807, 2.05) is 20.8 Å². The average Bonchev–Trinajstić information content (AvgIpc) is 3.16. The van der Waals surface area contributed by atoms with Crippen LogP contribution in [0.4, 0.5) is 13.2 Å². The highest BCUT2D eigenvalue weighted by molar-refractivity contribution is 7.89. The Morgan fingerprint density at radius 1 is 1.00 bits per heavy atom. The summed E-state index contributed by atoms with van der Waals surface area (Å²) in [7, 11) is -3.69. The Morgan fingerprint density at radius 3 is 2.06 bits per heavy atom. The first-order chi connectivity index (χ1) is 14.3. The van der Waals surface area contributed by atoms with Gasteiger partial charge in [-0.05, 0) is 29.2 Å². The van der Waals surface area contributed by atoms with Gasteiger partial charge >= 0.3 is 6.18 Å². The van der Waals surface area contributed by atoms with E-state index in [4.69, 9.17) is 0 Å². The number of carbonyl (C=O) groups is 1.